The summed E-state index contributed by atoms with van der Waals surface area (Å²) in [5, 5.41) is 0.774. The van der Waals surface area contributed by atoms with Crippen LogP contribution in [0.4, 0.5) is 0 Å². The molecule has 2 aromatic rings. The summed E-state index contributed by atoms with van der Waals surface area (Å²) >= 11 is 7.70. The molecule has 3 heteroatoms. The lowest BCUT2D eigenvalue weighted by Gasteiger charge is -2.01. The molecule has 0 bridgehead atoms. The summed E-state index contributed by atoms with van der Waals surface area (Å²) in [6.07, 6.45) is 2.12. The van der Waals surface area contributed by atoms with Gasteiger partial charge >= 0.3 is 0 Å². The van der Waals surface area contributed by atoms with Crippen LogP contribution in [-0.2, 0) is 0 Å². The fourth-order valence-corrected chi connectivity index (χ4v) is 3.12. The number of aryl methyl sites for hydroxylation is 1. The molecule has 1 saturated carbocycles. The van der Waals surface area contributed by atoms with E-state index >= 15 is 0 Å². The number of benzene rings is 1. The van der Waals surface area contributed by atoms with Crippen LogP contribution >= 0.6 is 22.9 Å². The molecule has 92 valence electrons. The largest absolute Gasteiger partial charge is 0.293 e. The van der Waals surface area contributed by atoms with Crippen LogP contribution in [-0.4, -0.2) is 5.78 Å². The second kappa shape index (κ2) is 4.52. The van der Waals surface area contributed by atoms with Gasteiger partial charge in [-0.2, -0.15) is 0 Å². The lowest BCUT2D eigenvalue weighted by Crippen LogP contribution is -1.96. The van der Waals surface area contributed by atoms with E-state index in [9.17, 15) is 4.79 Å². The van der Waals surface area contributed by atoms with E-state index in [-0.39, 0.29) is 5.92 Å². The summed E-state index contributed by atoms with van der Waals surface area (Å²) in [5.41, 5.74) is 2.16. The lowest BCUT2D eigenvalue weighted by atomic mass is 10.1. The van der Waals surface area contributed by atoms with Crippen molar-refractivity contribution in [3.05, 3.63) is 45.8 Å². The Morgan fingerprint density at radius 1 is 1.28 bits per heavy atom. The Morgan fingerprint density at radius 2 is 2.06 bits per heavy atom. The second-order valence-electron chi connectivity index (χ2n) is 4.77. The van der Waals surface area contributed by atoms with E-state index in [0.717, 1.165) is 38.7 Å². The molecule has 1 aliphatic carbocycles. The first-order valence-corrected chi connectivity index (χ1v) is 7.25. The average Bonchev–Trinajstić information content (AvgIpc) is 3.09. The highest BCUT2D eigenvalue weighted by atomic mass is 35.5. The van der Waals surface area contributed by atoms with Crippen LogP contribution in [0.15, 0.2) is 30.3 Å². The van der Waals surface area contributed by atoms with Gasteiger partial charge in [0.25, 0.3) is 0 Å². The minimum Gasteiger partial charge on any atom is -0.293 e. The fourth-order valence-electron chi connectivity index (χ4n) is 1.92. The summed E-state index contributed by atoms with van der Waals surface area (Å²) in [6.45, 7) is 1.99. The number of hydrogen-bond acceptors (Lipinski definition) is 2. The first-order valence-electron chi connectivity index (χ1n) is 6.06. The van der Waals surface area contributed by atoms with E-state index in [1.54, 1.807) is 11.3 Å². The molecule has 3 rings (SSSR count). The van der Waals surface area contributed by atoms with Gasteiger partial charge in [-0.3, -0.25) is 4.79 Å². The molecule has 1 aromatic heterocycles. The maximum atomic E-state index is 12.0. The van der Waals surface area contributed by atoms with E-state index < -0.39 is 0 Å². The number of rotatable bonds is 3. The van der Waals surface area contributed by atoms with E-state index in [1.807, 2.05) is 31.2 Å². The zero-order valence-corrected chi connectivity index (χ0v) is 11.6. The maximum Gasteiger partial charge on any atom is 0.175 e. The molecule has 1 aliphatic rings. The van der Waals surface area contributed by atoms with Crippen LogP contribution in [0.1, 0.15) is 28.1 Å². The smallest absolute Gasteiger partial charge is 0.175 e. The predicted octanol–water partition coefficient (Wildman–Crippen LogP) is 4.97. The van der Waals surface area contributed by atoms with E-state index in [1.165, 1.54) is 0 Å². The molecule has 0 radical (unpaired) electrons. The first kappa shape index (κ1) is 11.9. The number of Topliss-reactive ketones (excluding diaryl/α,β-unsaturated/α-hetero) is 1. The number of ketones is 1. The summed E-state index contributed by atoms with van der Waals surface area (Å²) in [5.74, 6) is 0.600. The van der Waals surface area contributed by atoms with Crippen molar-refractivity contribution >= 4 is 28.7 Å². The first-order chi connectivity index (χ1) is 8.65. The van der Waals surface area contributed by atoms with Gasteiger partial charge < -0.3 is 0 Å². The minimum absolute atomic E-state index is 0.290. The summed E-state index contributed by atoms with van der Waals surface area (Å²) < 4.78 is 0. The normalized spacial score (nSPS) is 14.8. The maximum absolute atomic E-state index is 12.0. The number of hydrogen-bond donors (Lipinski definition) is 0. The zero-order valence-electron chi connectivity index (χ0n) is 10.1. The van der Waals surface area contributed by atoms with E-state index in [4.69, 9.17) is 11.6 Å². The Bertz CT molecular complexity index is 611. The van der Waals surface area contributed by atoms with Crippen LogP contribution < -0.4 is 0 Å². The molecule has 0 amide bonds. The summed E-state index contributed by atoms with van der Waals surface area (Å²) in [7, 11) is 0. The van der Waals surface area contributed by atoms with Crippen LogP contribution in [0, 0.1) is 12.8 Å². The highest BCUT2D eigenvalue weighted by Crippen LogP contribution is 2.37. The minimum atomic E-state index is 0.290. The Hall–Kier alpha value is -1.12. The Labute approximate surface area is 115 Å². The molecule has 0 N–H and O–H groups in total. The van der Waals surface area contributed by atoms with Gasteiger partial charge in [-0.05, 0) is 49.1 Å². The quantitative estimate of drug-likeness (QED) is 0.724. The van der Waals surface area contributed by atoms with Gasteiger partial charge in [0.05, 0.1) is 4.88 Å². The average molecular weight is 277 g/mol. The number of carbonyl (C=O) groups excluding carboxylic acids is 1. The van der Waals surface area contributed by atoms with Gasteiger partial charge in [0.1, 0.15) is 0 Å². The van der Waals surface area contributed by atoms with Crippen molar-refractivity contribution < 1.29 is 4.79 Å². The van der Waals surface area contributed by atoms with Crippen molar-refractivity contribution in [3.8, 4) is 10.4 Å². The van der Waals surface area contributed by atoms with Crippen LogP contribution in [0.2, 0.25) is 5.02 Å². The van der Waals surface area contributed by atoms with Crippen LogP contribution in [0.3, 0.4) is 0 Å². The molecule has 0 atom stereocenters. The zero-order chi connectivity index (χ0) is 12.7. The summed E-state index contributed by atoms with van der Waals surface area (Å²) in [4.78, 5) is 13.9. The molecule has 1 fully saturated rings. The Morgan fingerprint density at radius 3 is 2.72 bits per heavy atom. The number of thiophene rings is 1. The molecule has 0 unspecified atom stereocenters. The Kier molecular flexibility index (Phi) is 3.00. The third-order valence-electron chi connectivity index (χ3n) is 3.25. The van der Waals surface area contributed by atoms with Gasteiger partial charge in [0.15, 0.2) is 5.78 Å². The number of halogens is 1. The van der Waals surface area contributed by atoms with E-state index in [0.29, 0.717) is 5.78 Å². The van der Waals surface area contributed by atoms with Gasteiger partial charge in [0.2, 0.25) is 0 Å². The molecule has 1 aromatic carbocycles. The van der Waals surface area contributed by atoms with Crippen LogP contribution in [0.5, 0.6) is 0 Å². The molecular formula is C15H13ClOS. The molecule has 0 spiro atoms. The molecular weight excluding hydrogens is 264 g/mol. The standard InChI is InChI=1S/C15H13ClOS/c1-9-2-3-11(8-12(9)16)13-6-7-14(18-13)15(17)10-4-5-10/h2-3,6-8,10H,4-5H2,1H3. The highest BCUT2D eigenvalue weighted by molar-refractivity contribution is 7.17. The van der Waals surface area contributed by atoms with Crippen molar-refractivity contribution in [1.82, 2.24) is 0 Å². The van der Waals surface area contributed by atoms with Crippen molar-refractivity contribution in [2.45, 2.75) is 19.8 Å². The van der Waals surface area contributed by atoms with Crippen molar-refractivity contribution in [1.29, 1.82) is 0 Å². The lowest BCUT2D eigenvalue weighted by molar-refractivity contribution is 0.0971. The predicted molar refractivity (Wildman–Crippen MR) is 76.6 cm³/mol. The third kappa shape index (κ3) is 2.23. The second-order valence-corrected chi connectivity index (χ2v) is 6.26. The Balaban J connectivity index is 1.92. The summed E-state index contributed by atoms with van der Waals surface area (Å²) in [6, 6.07) is 9.99. The third-order valence-corrected chi connectivity index (χ3v) is 4.81. The topological polar surface area (TPSA) is 17.1 Å². The van der Waals surface area contributed by atoms with Gasteiger partial charge in [-0.1, -0.05) is 23.7 Å². The number of carbonyl (C=O) groups is 1. The van der Waals surface area contributed by atoms with Crippen molar-refractivity contribution in [2.75, 3.05) is 0 Å². The van der Waals surface area contributed by atoms with E-state index in [2.05, 4.69) is 6.07 Å². The molecule has 1 nitrogen and oxygen atoms in total. The van der Waals surface area contributed by atoms with Gasteiger partial charge in [-0.15, -0.1) is 11.3 Å². The van der Waals surface area contributed by atoms with Crippen LogP contribution in [0.25, 0.3) is 10.4 Å². The van der Waals surface area contributed by atoms with Gasteiger partial charge in [-0.25, -0.2) is 0 Å². The molecule has 0 aliphatic heterocycles. The van der Waals surface area contributed by atoms with Crippen molar-refractivity contribution in [3.63, 3.8) is 0 Å². The van der Waals surface area contributed by atoms with Gasteiger partial charge in [0, 0.05) is 15.8 Å². The molecule has 18 heavy (non-hydrogen) atoms. The highest BCUT2D eigenvalue weighted by Gasteiger charge is 2.31. The van der Waals surface area contributed by atoms with Crippen molar-refractivity contribution in [2.24, 2.45) is 5.92 Å². The SMILES string of the molecule is Cc1ccc(-c2ccc(C(=O)C3CC3)s2)cc1Cl. The fraction of sp³-hybridized carbons (Fsp3) is 0.267. The molecule has 0 saturated heterocycles. The monoisotopic (exact) mass is 276 g/mol. The molecule has 1 heterocycles.